The number of anilines is 2. The summed E-state index contributed by atoms with van der Waals surface area (Å²) in [5.74, 6) is 0.815. The van der Waals surface area contributed by atoms with Crippen molar-refractivity contribution in [2.24, 2.45) is 11.8 Å². The van der Waals surface area contributed by atoms with Gasteiger partial charge in [-0.3, -0.25) is 4.79 Å². The summed E-state index contributed by atoms with van der Waals surface area (Å²) in [5, 5.41) is 15.7. The number of hydrogen-bond acceptors (Lipinski definition) is 3. The largest absolute Gasteiger partial charge is 0.374 e. The van der Waals surface area contributed by atoms with Gasteiger partial charge in [-0.1, -0.05) is 27.7 Å². The average molecular weight is 278 g/mol. The first-order valence-electron chi connectivity index (χ1n) is 7.21. The summed E-state index contributed by atoms with van der Waals surface area (Å²) in [7, 11) is 0. The van der Waals surface area contributed by atoms with Crippen molar-refractivity contribution in [1.29, 1.82) is 0 Å². The van der Waals surface area contributed by atoms with E-state index in [1.165, 1.54) is 0 Å². The van der Waals surface area contributed by atoms with Gasteiger partial charge in [0.2, 0.25) is 5.91 Å². The van der Waals surface area contributed by atoms with E-state index in [-0.39, 0.29) is 5.91 Å². The van der Waals surface area contributed by atoms with Crippen molar-refractivity contribution in [2.45, 2.75) is 46.8 Å². The number of carbonyl (C=O) groups is 1. The molecular weight excluding hydrogens is 252 g/mol. The zero-order valence-corrected chi connectivity index (χ0v) is 12.8. The molecule has 0 bridgehead atoms. The maximum atomic E-state index is 11.6. The second-order valence-corrected chi connectivity index (χ2v) is 6.01. The van der Waals surface area contributed by atoms with Crippen LogP contribution in [-0.2, 0) is 4.79 Å². The minimum absolute atomic E-state index is 0.0283. The molecule has 0 aromatic heterocycles. The molecule has 0 heterocycles. The van der Waals surface area contributed by atoms with Crippen LogP contribution in [0.3, 0.4) is 0 Å². The van der Waals surface area contributed by atoms with Crippen LogP contribution in [0.1, 0.15) is 40.5 Å². The van der Waals surface area contributed by atoms with Gasteiger partial charge in [0, 0.05) is 17.8 Å². The summed E-state index contributed by atoms with van der Waals surface area (Å²) in [4.78, 5) is 11.6. The highest BCUT2D eigenvalue weighted by Gasteiger charge is 2.07. The lowest BCUT2D eigenvalue weighted by molar-refractivity contribution is -0.116. The molecule has 20 heavy (non-hydrogen) atoms. The van der Waals surface area contributed by atoms with Gasteiger partial charge < -0.3 is 15.7 Å². The van der Waals surface area contributed by atoms with Crippen LogP contribution in [0, 0.1) is 11.8 Å². The molecule has 0 aliphatic rings. The third-order valence-electron chi connectivity index (χ3n) is 2.79. The van der Waals surface area contributed by atoms with Crippen LogP contribution in [0.2, 0.25) is 0 Å². The van der Waals surface area contributed by atoms with E-state index < -0.39 is 6.23 Å². The molecule has 0 spiro atoms. The minimum Gasteiger partial charge on any atom is -0.374 e. The molecule has 3 N–H and O–H groups in total. The van der Waals surface area contributed by atoms with E-state index in [1.54, 1.807) is 0 Å². The first-order chi connectivity index (χ1) is 9.36. The molecule has 1 rings (SSSR count). The number of carbonyl (C=O) groups excluding carboxylic acids is 1. The predicted octanol–water partition coefficient (Wildman–Crippen LogP) is 3.45. The van der Waals surface area contributed by atoms with E-state index in [1.807, 2.05) is 38.1 Å². The minimum atomic E-state index is -0.545. The molecule has 4 nitrogen and oxygen atoms in total. The van der Waals surface area contributed by atoms with Crippen LogP contribution >= 0.6 is 0 Å². The Labute approximate surface area is 121 Å². The third kappa shape index (κ3) is 6.57. The first-order valence-corrected chi connectivity index (χ1v) is 7.21. The average Bonchev–Trinajstić information content (AvgIpc) is 2.29. The van der Waals surface area contributed by atoms with E-state index in [4.69, 9.17) is 0 Å². The Hall–Kier alpha value is -1.55. The summed E-state index contributed by atoms with van der Waals surface area (Å²) in [6.07, 6.45) is 0.677. The molecule has 4 heteroatoms. The number of hydrogen-bond donors (Lipinski definition) is 3. The van der Waals surface area contributed by atoms with Crippen molar-refractivity contribution in [3.05, 3.63) is 24.3 Å². The van der Waals surface area contributed by atoms with Gasteiger partial charge in [-0.2, -0.15) is 0 Å². The van der Waals surface area contributed by atoms with Gasteiger partial charge in [-0.05, 0) is 42.5 Å². The molecule has 1 aromatic rings. The summed E-state index contributed by atoms with van der Waals surface area (Å²) in [5.41, 5.74) is 1.62. The van der Waals surface area contributed by atoms with Crippen LogP contribution in [0.15, 0.2) is 24.3 Å². The van der Waals surface area contributed by atoms with Crippen molar-refractivity contribution in [1.82, 2.24) is 0 Å². The fraction of sp³-hybridized carbons (Fsp3) is 0.562. The van der Waals surface area contributed by atoms with Crippen LogP contribution in [0.25, 0.3) is 0 Å². The fourth-order valence-electron chi connectivity index (χ4n) is 1.93. The lowest BCUT2D eigenvalue weighted by atomic mass is 10.1. The van der Waals surface area contributed by atoms with Crippen molar-refractivity contribution in [3.8, 4) is 0 Å². The van der Waals surface area contributed by atoms with Crippen LogP contribution in [0.4, 0.5) is 11.4 Å². The number of amides is 1. The van der Waals surface area contributed by atoms with Crippen LogP contribution < -0.4 is 10.6 Å². The van der Waals surface area contributed by atoms with E-state index in [0.29, 0.717) is 24.7 Å². The third-order valence-corrected chi connectivity index (χ3v) is 2.79. The van der Waals surface area contributed by atoms with E-state index >= 15 is 0 Å². The highest BCUT2D eigenvalue weighted by Crippen LogP contribution is 2.16. The second kappa shape index (κ2) is 7.90. The Morgan fingerprint density at radius 2 is 1.60 bits per heavy atom. The summed E-state index contributed by atoms with van der Waals surface area (Å²) in [6, 6.07) is 7.38. The second-order valence-electron chi connectivity index (χ2n) is 6.01. The van der Waals surface area contributed by atoms with Gasteiger partial charge in [0.25, 0.3) is 0 Å². The van der Waals surface area contributed by atoms with Gasteiger partial charge in [0.05, 0.1) is 0 Å². The number of benzene rings is 1. The van der Waals surface area contributed by atoms with Crippen LogP contribution in [-0.4, -0.2) is 17.2 Å². The lowest BCUT2D eigenvalue weighted by Gasteiger charge is -2.16. The normalized spacial score (nSPS) is 12.6. The standard InChI is InChI=1S/C16H26N2O2/c1-11(2)9-15(19)17-13-5-7-14(8-6-13)18-16(20)10-12(3)4/h5-8,11-12,15,17,19H,9-10H2,1-4H3,(H,18,20). The summed E-state index contributed by atoms with van der Waals surface area (Å²) < 4.78 is 0. The lowest BCUT2D eigenvalue weighted by Crippen LogP contribution is -2.20. The summed E-state index contributed by atoms with van der Waals surface area (Å²) >= 11 is 0. The maximum Gasteiger partial charge on any atom is 0.224 e. The quantitative estimate of drug-likeness (QED) is 0.669. The maximum absolute atomic E-state index is 11.6. The van der Waals surface area contributed by atoms with Crippen molar-refractivity contribution in [2.75, 3.05) is 10.6 Å². The highest BCUT2D eigenvalue weighted by atomic mass is 16.3. The SMILES string of the molecule is CC(C)CC(=O)Nc1ccc(NC(O)CC(C)C)cc1. The molecule has 0 aliphatic carbocycles. The monoisotopic (exact) mass is 278 g/mol. The zero-order valence-electron chi connectivity index (χ0n) is 12.8. The molecule has 0 saturated carbocycles. The smallest absolute Gasteiger partial charge is 0.224 e. The fourth-order valence-corrected chi connectivity index (χ4v) is 1.93. The van der Waals surface area contributed by atoms with Crippen molar-refractivity contribution in [3.63, 3.8) is 0 Å². The Kier molecular flexibility index (Phi) is 6.52. The zero-order chi connectivity index (χ0) is 15.1. The Morgan fingerprint density at radius 3 is 2.10 bits per heavy atom. The van der Waals surface area contributed by atoms with Gasteiger partial charge in [0.1, 0.15) is 6.23 Å². The number of rotatable bonds is 7. The topological polar surface area (TPSA) is 61.4 Å². The molecule has 0 fully saturated rings. The van der Waals surface area contributed by atoms with Gasteiger partial charge >= 0.3 is 0 Å². The molecule has 1 amide bonds. The Morgan fingerprint density at radius 1 is 1.05 bits per heavy atom. The molecule has 0 saturated heterocycles. The Balaban J connectivity index is 2.49. The van der Waals surface area contributed by atoms with E-state index in [0.717, 1.165) is 11.4 Å². The molecule has 1 aromatic carbocycles. The van der Waals surface area contributed by atoms with Crippen molar-refractivity contribution >= 4 is 17.3 Å². The number of nitrogens with one attached hydrogen (secondary N) is 2. The van der Waals surface area contributed by atoms with Crippen molar-refractivity contribution < 1.29 is 9.90 Å². The predicted molar refractivity (Wildman–Crippen MR) is 83.6 cm³/mol. The molecule has 1 atom stereocenters. The molecule has 0 aliphatic heterocycles. The van der Waals surface area contributed by atoms with E-state index in [2.05, 4.69) is 24.5 Å². The van der Waals surface area contributed by atoms with Gasteiger partial charge in [-0.15, -0.1) is 0 Å². The van der Waals surface area contributed by atoms with Crippen LogP contribution in [0.5, 0.6) is 0 Å². The number of aliphatic hydroxyl groups is 1. The first kappa shape index (κ1) is 16.5. The highest BCUT2D eigenvalue weighted by molar-refractivity contribution is 5.90. The Bertz CT molecular complexity index is 413. The number of aliphatic hydroxyl groups excluding tert-OH is 1. The van der Waals surface area contributed by atoms with Gasteiger partial charge in [-0.25, -0.2) is 0 Å². The summed E-state index contributed by atoms with van der Waals surface area (Å²) in [6.45, 7) is 8.17. The van der Waals surface area contributed by atoms with E-state index in [9.17, 15) is 9.90 Å². The molecule has 1 unspecified atom stereocenters. The molecule has 112 valence electrons. The van der Waals surface area contributed by atoms with Gasteiger partial charge in [0.15, 0.2) is 0 Å². The molecular formula is C16H26N2O2. The molecule has 0 radical (unpaired) electrons.